The third kappa shape index (κ3) is 3.05. The Hall–Kier alpha value is -1.39. The molecule has 0 aliphatic rings. The second-order valence-corrected chi connectivity index (χ2v) is 4.56. The molecule has 0 bridgehead atoms. The standard InChI is InChI=1S/C13H15NO2S/c1-16-12-6-4-10(5-7-12)13-14-11(9-17-13)3-2-8-15/h4-7,9,15H,2-3,8H2,1H3. The summed E-state index contributed by atoms with van der Waals surface area (Å²) in [6, 6.07) is 7.88. The van der Waals surface area contributed by atoms with Crippen molar-refractivity contribution in [2.45, 2.75) is 12.8 Å². The van der Waals surface area contributed by atoms with Crippen LogP contribution in [0.4, 0.5) is 0 Å². The van der Waals surface area contributed by atoms with E-state index in [9.17, 15) is 0 Å². The SMILES string of the molecule is COc1ccc(-c2nc(CCCO)cs2)cc1. The van der Waals surface area contributed by atoms with Crippen LogP contribution in [0.15, 0.2) is 29.6 Å². The molecule has 0 saturated carbocycles. The highest BCUT2D eigenvalue weighted by Crippen LogP contribution is 2.25. The number of ether oxygens (including phenoxy) is 1. The zero-order chi connectivity index (χ0) is 12.1. The fourth-order valence-electron chi connectivity index (χ4n) is 1.55. The van der Waals surface area contributed by atoms with Crippen LogP contribution in [-0.4, -0.2) is 23.8 Å². The third-order valence-corrected chi connectivity index (χ3v) is 3.42. The van der Waals surface area contributed by atoms with E-state index in [1.807, 2.05) is 24.3 Å². The first-order valence-electron chi connectivity index (χ1n) is 5.53. The maximum absolute atomic E-state index is 8.77. The van der Waals surface area contributed by atoms with Crippen molar-refractivity contribution in [3.8, 4) is 16.3 Å². The van der Waals surface area contributed by atoms with Crippen molar-refractivity contribution >= 4 is 11.3 Å². The molecule has 0 saturated heterocycles. The van der Waals surface area contributed by atoms with E-state index in [1.165, 1.54) is 0 Å². The van der Waals surface area contributed by atoms with Gasteiger partial charge in [0, 0.05) is 17.6 Å². The Morgan fingerprint density at radius 2 is 2.06 bits per heavy atom. The molecule has 90 valence electrons. The molecule has 0 spiro atoms. The van der Waals surface area contributed by atoms with Crippen LogP contribution >= 0.6 is 11.3 Å². The van der Waals surface area contributed by atoms with E-state index in [2.05, 4.69) is 10.4 Å². The van der Waals surface area contributed by atoms with E-state index in [4.69, 9.17) is 9.84 Å². The molecule has 2 aromatic rings. The van der Waals surface area contributed by atoms with Gasteiger partial charge in [-0.3, -0.25) is 0 Å². The molecule has 0 fully saturated rings. The highest BCUT2D eigenvalue weighted by molar-refractivity contribution is 7.13. The van der Waals surface area contributed by atoms with E-state index in [0.29, 0.717) is 0 Å². The van der Waals surface area contributed by atoms with Gasteiger partial charge in [0.1, 0.15) is 10.8 Å². The number of aryl methyl sites for hydroxylation is 1. The summed E-state index contributed by atoms with van der Waals surface area (Å²) in [5.74, 6) is 0.853. The normalized spacial score (nSPS) is 10.5. The second-order valence-electron chi connectivity index (χ2n) is 3.70. The molecule has 4 heteroatoms. The molecule has 17 heavy (non-hydrogen) atoms. The Balaban J connectivity index is 2.12. The zero-order valence-electron chi connectivity index (χ0n) is 9.72. The maximum atomic E-state index is 8.77. The van der Waals surface area contributed by atoms with Crippen molar-refractivity contribution < 1.29 is 9.84 Å². The van der Waals surface area contributed by atoms with Gasteiger partial charge in [0.05, 0.1) is 12.8 Å². The quantitative estimate of drug-likeness (QED) is 0.886. The van der Waals surface area contributed by atoms with Gasteiger partial charge in [-0.15, -0.1) is 11.3 Å². The average Bonchev–Trinajstić information content (AvgIpc) is 2.85. The van der Waals surface area contributed by atoms with Gasteiger partial charge in [0.15, 0.2) is 0 Å². The third-order valence-electron chi connectivity index (χ3n) is 2.48. The van der Waals surface area contributed by atoms with Crippen LogP contribution in [0.3, 0.4) is 0 Å². The summed E-state index contributed by atoms with van der Waals surface area (Å²) in [4.78, 5) is 4.54. The summed E-state index contributed by atoms with van der Waals surface area (Å²) in [6.45, 7) is 0.218. The van der Waals surface area contributed by atoms with E-state index in [-0.39, 0.29) is 6.61 Å². The Morgan fingerprint density at radius 1 is 1.29 bits per heavy atom. The second kappa shape index (κ2) is 5.80. The van der Waals surface area contributed by atoms with Gasteiger partial charge in [0.25, 0.3) is 0 Å². The Labute approximate surface area is 105 Å². The Kier molecular flexibility index (Phi) is 4.12. The summed E-state index contributed by atoms with van der Waals surface area (Å²) in [5.41, 5.74) is 2.15. The van der Waals surface area contributed by atoms with Gasteiger partial charge in [-0.1, -0.05) is 0 Å². The number of aromatic nitrogens is 1. The predicted molar refractivity (Wildman–Crippen MR) is 69.5 cm³/mol. The lowest BCUT2D eigenvalue weighted by molar-refractivity contribution is 0.288. The molecule has 0 amide bonds. The Bertz CT molecular complexity index is 465. The first-order valence-corrected chi connectivity index (χ1v) is 6.41. The van der Waals surface area contributed by atoms with Crippen LogP contribution in [0.25, 0.3) is 10.6 Å². The lowest BCUT2D eigenvalue weighted by Crippen LogP contribution is -1.89. The molecule has 1 N–H and O–H groups in total. The largest absolute Gasteiger partial charge is 0.497 e. The number of thiazole rings is 1. The zero-order valence-corrected chi connectivity index (χ0v) is 10.5. The highest BCUT2D eigenvalue weighted by Gasteiger charge is 2.04. The lowest BCUT2D eigenvalue weighted by Gasteiger charge is -2.00. The van der Waals surface area contributed by atoms with Crippen LogP contribution in [0.2, 0.25) is 0 Å². The van der Waals surface area contributed by atoms with Crippen molar-refractivity contribution in [3.63, 3.8) is 0 Å². The number of rotatable bonds is 5. The molecule has 0 unspecified atom stereocenters. The first-order chi connectivity index (χ1) is 8.33. The maximum Gasteiger partial charge on any atom is 0.123 e. The van der Waals surface area contributed by atoms with Crippen LogP contribution in [0.5, 0.6) is 5.75 Å². The number of nitrogens with zero attached hydrogens (tertiary/aromatic N) is 1. The minimum atomic E-state index is 0.218. The summed E-state index contributed by atoms with van der Waals surface area (Å²) >= 11 is 1.63. The van der Waals surface area contributed by atoms with E-state index < -0.39 is 0 Å². The summed E-state index contributed by atoms with van der Waals surface area (Å²) < 4.78 is 5.12. The topological polar surface area (TPSA) is 42.4 Å². The van der Waals surface area contributed by atoms with Crippen LogP contribution in [0, 0.1) is 0 Å². The van der Waals surface area contributed by atoms with Crippen LogP contribution in [0.1, 0.15) is 12.1 Å². The van der Waals surface area contributed by atoms with Crippen molar-refractivity contribution in [3.05, 3.63) is 35.3 Å². The molecule has 1 aromatic heterocycles. The fourth-order valence-corrected chi connectivity index (χ4v) is 2.41. The van der Waals surface area contributed by atoms with Crippen molar-refractivity contribution in [1.82, 2.24) is 4.98 Å². The van der Waals surface area contributed by atoms with Gasteiger partial charge in [0.2, 0.25) is 0 Å². The van der Waals surface area contributed by atoms with E-state index in [0.717, 1.165) is 34.9 Å². The fraction of sp³-hybridized carbons (Fsp3) is 0.308. The van der Waals surface area contributed by atoms with Gasteiger partial charge in [-0.25, -0.2) is 4.98 Å². The number of hydrogen-bond donors (Lipinski definition) is 1. The monoisotopic (exact) mass is 249 g/mol. The average molecular weight is 249 g/mol. The van der Waals surface area contributed by atoms with Crippen molar-refractivity contribution in [2.24, 2.45) is 0 Å². The number of aliphatic hydroxyl groups is 1. The first kappa shape index (κ1) is 12.1. The van der Waals surface area contributed by atoms with Gasteiger partial charge >= 0.3 is 0 Å². The molecule has 0 atom stereocenters. The molecule has 0 aliphatic heterocycles. The summed E-state index contributed by atoms with van der Waals surface area (Å²) in [7, 11) is 1.66. The number of methoxy groups -OCH3 is 1. The molecule has 0 radical (unpaired) electrons. The molecule has 1 aromatic carbocycles. The van der Waals surface area contributed by atoms with Crippen LogP contribution in [-0.2, 0) is 6.42 Å². The van der Waals surface area contributed by atoms with Gasteiger partial charge in [-0.05, 0) is 37.1 Å². The van der Waals surface area contributed by atoms with Crippen LogP contribution < -0.4 is 4.74 Å². The molecular weight excluding hydrogens is 234 g/mol. The molecule has 3 nitrogen and oxygen atoms in total. The van der Waals surface area contributed by atoms with E-state index >= 15 is 0 Å². The Morgan fingerprint density at radius 3 is 2.71 bits per heavy atom. The molecular formula is C13H15NO2S. The number of hydrogen-bond acceptors (Lipinski definition) is 4. The van der Waals surface area contributed by atoms with E-state index in [1.54, 1.807) is 18.4 Å². The molecule has 0 aliphatic carbocycles. The highest BCUT2D eigenvalue weighted by atomic mass is 32.1. The van der Waals surface area contributed by atoms with Gasteiger partial charge < -0.3 is 9.84 Å². The summed E-state index contributed by atoms with van der Waals surface area (Å²) in [5, 5.41) is 11.8. The molecule has 1 heterocycles. The molecule has 2 rings (SSSR count). The van der Waals surface area contributed by atoms with Crippen molar-refractivity contribution in [2.75, 3.05) is 13.7 Å². The van der Waals surface area contributed by atoms with Crippen molar-refractivity contribution in [1.29, 1.82) is 0 Å². The number of benzene rings is 1. The summed E-state index contributed by atoms with van der Waals surface area (Å²) in [6.07, 6.45) is 1.61. The predicted octanol–water partition coefficient (Wildman–Crippen LogP) is 2.74. The smallest absolute Gasteiger partial charge is 0.123 e. The minimum absolute atomic E-state index is 0.218. The minimum Gasteiger partial charge on any atom is -0.497 e. The lowest BCUT2D eigenvalue weighted by atomic mass is 10.2. The van der Waals surface area contributed by atoms with Gasteiger partial charge in [-0.2, -0.15) is 0 Å². The number of aliphatic hydroxyl groups excluding tert-OH is 1.